The predicted molar refractivity (Wildman–Crippen MR) is 152 cm³/mol. The fraction of sp³-hybridized carbons (Fsp3) is 0.207. The van der Waals surface area contributed by atoms with Crippen LogP contribution < -0.4 is 20.7 Å². The molecule has 0 unspecified atom stereocenters. The standard InChI is InChI=1S/C29H30N6O3S/c36-27(31-19-22-6-2-1-3-7-22)15-12-21-10-13-23(14-11-21)26-20-32-29-34-24-8-4-9-25(18-24)39(37,38)33-17-5-16-30-28(26)35-29/h1-4,6-11,13-14,18,20,33H,5,12,15-17,19H2,(H,31,36)(H2,30,32,34,35). The van der Waals surface area contributed by atoms with Crippen molar-refractivity contribution in [2.75, 3.05) is 23.7 Å². The van der Waals surface area contributed by atoms with Crippen LogP contribution in [0.15, 0.2) is 90.0 Å². The van der Waals surface area contributed by atoms with Gasteiger partial charge in [-0.1, -0.05) is 60.7 Å². The Morgan fingerprint density at radius 3 is 2.56 bits per heavy atom. The summed E-state index contributed by atoms with van der Waals surface area (Å²) in [4.78, 5) is 21.6. The van der Waals surface area contributed by atoms with Crippen LogP contribution >= 0.6 is 0 Å². The Morgan fingerprint density at radius 2 is 1.74 bits per heavy atom. The average molecular weight is 543 g/mol. The molecule has 1 aliphatic heterocycles. The summed E-state index contributed by atoms with van der Waals surface area (Å²) < 4.78 is 27.8. The van der Waals surface area contributed by atoms with Gasteiger partial charge in [0.25, 0.3) is 0 Å². The number of anilines is 3. The molecule has 0 spiro atoms. The molecule has 4 N–H and O–H groups in total. The molecular weight excluding hydrogens is 512 g/mol. The normalized spacial score (nSPS) is 14.5. The number of nitrogens with zero attached hydrogens (tertiary/aromatic N) is 2. The summed E-state index contributed by atoms with van der Waals surface area (Å²) in [5, 5.41) is 9.40. The van der Waals surface area contributed by atoms with Crippen LogP contribution in [0, 0.1) is 0 Å². The lowest BCUT2D eigenvalue weighted by Gasteiger charge is -2.13. The molecule has 9 nitrogen and oxygen atoms in total. The van der Waals surface area contributed by atoms with Gasteiger partial charge in [0, 0.05) is 43.5 Å². The Labute approximate surface area is 228 Å². The first-order chi connectivity index (χ1) is 19.0. The number of carbonyl (C=O) groups excluding carboxylic acids is 1. The van der Waals surface area contributed by atoms with Gasteiger partial charge in [-0.2, -0.15) is 4.98 Å². The van der Waals surface area contributed by atoms with Crippen LogP contribution in [0.3, 0.4) is 0 Å². The average Bonchev–Trinajstić information content (AvgIpc) is 2.96. The van der Waals surface area contributed by atoms with Gasteiger partial charge in [0.05, 0.1) is 4.90 Å². The van der Waals surface area contributed by atoms with Gasteiger partial charge in [-0.3, -0.25) is 4.79 Å². The molecule has 3 aromatic carbocycles. The molecule has 5 rings (SSSR count). The maximum Gasteiger partial charge on any atom is 0.240 e. The SMILES string of the molecule is O=C(CCc1ccc(-c2cnc3nc2NCCCNS(=O)(=O)c2cccc(c2)N3)cc1)NCc1ccccc1. The van der Waals surface area contributed by atoms with Crippen LogP contribution in [0.1, 0.15) is 24.0 Å². The van der Waals surface area contributed by atoms with Crippen molar-refractivity contribution < 1.29 is 13.2 Å². The first-order valence-electron chi connectivity index (χ1n) is 12.8. The van der Waals surface area contributed by atoms with E-state index in [4.69, 9.17) is 0 Å². The van der Waals surface area contributed by atoms with Crippen molar-refractivity contribution >= 4 is 33.4 Å². The van der Waals surface area contributed by atoms with Gasteiger partial charge in [0.15, 0.2) is 0 Å². The van der Waals surface area contributed by atoms with Gasteiger partial charge in [-0.25, -0.2) is 18.1 Å². The van der Waals surface area contributed by atoms with Crippen LogP contribution in [-0.4, -0.2) is 37.4 Å². The fourth-order valence-electron chi connectivity index (χ4n) is 4.24. The third-order valence-electron chi connectivity index (χ3n) is 6.37. The third-order valence-corrected chi connectivity index (χ3v) is 7.82. The second-order valence-corrected chi connectivity index (χ2v) is 11.0. The molecule has 0 saturated carbocycles. The van der Waals surface area contributed by atoms with Gasteiger partial charge in [0.2, 0.25) is 21.9 Å². The molecule has 0 atom stereocenters. The molecule has 4 bridgehead atoms. The number of hydrogen-bond donors (Lipinski definition) is 4. The molecule has 1 aliphatic rings. The lowest BCUT2D eigenvalue weighted by Crippen LogP contribution is -2.26. The molecule has 1 aromatic heterocycles. The van der Waals surface area contributed by atoms with E-state index in [1.807, 2.05) is 54.6 Å². The van der Waals surface area contributed by atoms with Crippen molar-refractivity contribution in [1.29, 1.82) is 0 Å². The Bertz CT molecular complexity index is 1540. The summed E-state index contributed by atoms with van der Waals surface area (Å²) in [6.07, 6.45) is 3.38. The highest BCUT2D eigenvalue weighted by Gasteiger charge is 2.16. The van der Waals surface area contributed by atoms with Gasteiger partial charge in [-0.05, 0) is 47.7 Å². The molecule has 200 valence electrons. The number of hydrogen-bond acceptors (Lipinski definition) is 7. The van der Waals surface area contributed by atoms with E-state index in [0.29, 0.717) is 56.4 Å². The number of nitrogens with one attached hydrogen (secondary N) is 4. The maximum absolute atomic E-state index is 12.6. The number of benzene rings is 3. The minimum atomic E-state index is -3.60. The molecule has 2 heterocycles. The zero-order chi connectivity index (χ0) is 27.1. The van der Waals surface area contributed by atoms with E-state index in [-0.39, 0.29) is 10.8 Å². The molecule has 4 aromatic rings. The van der Waals surface area contributed by atoms with Gasteiger partial charge >= 0.3 is 0 Å². The molecule has 39 heavy (non-hydrogen) atoms. The third kappa shape index (κ3) is 6.98. The number of carbonyl (C=O) groups is 1. The summed E-state index contributed by atoms with van der Waals surface area (Å²) in [6, 6.07) is 24.4. The zero-order valence-corrected chi connectivity index (χ0v) is 22.2. The lowest BCUT2D eigenvalue weighted by atomic mass is 10.0. The molecular formula is C29H30N6O3S. The van der Waals surface area contributed by atoms with E-state index in [0.717, 1.165) is 22.3 Å². The fourth-order valence-corrected chi connectivity index (χ4v) is 5.36. The van der Waals surface area contributed by atoms with E-state index in [9.17, 15) is 13.2 Å². The van der Waals surface area contributed by atoms with E-state index in [2.05, 4.69) is 30.6 Å². The molecule has 0 saturated heterocycles. The van der Waals surface area contributed by atoms with Crippen molar-refractivity contribution in [3.05, 3.63) is 96.2 Å². The summed E-state index contributed by atoms with van der Waals surface area (Å²) in [6.45, 7) is 1.35. The van der Waals surface area contributed by atoms with Crippen LogP contribution in [0.25, 0.3) is 11.1 Å². The number of fused-ring (bicyclic) bond motifs is 4. The minimum absolute atomic E-state index is 0.0164. The first kappa shape index (κ1) is 26.3. The van der Waals surface area contributed by atoms with Crippen LogP contribution in [0.5, 0.6) is 0 Å². The minimum Gasteiger partial charge on any atom is -0.369 e. The van der Waals surface area contributed by atoms with E-state index in [1.165, 1.54) is 0 Å². The molecule has 0 aliphatic carbocycles. The highest BCUT2D eigenvalue weighted by Crippen LogP contribution is 2.28. The topological polar surface area (TPSA) is 125 Å². The summed E-state index contributed by atoms with van der Waals surface area (Å²) in [5.41, 5.74) is 4.48. The largest absolute Gasteiger partial charge is 0.369 e. The lowest BCUT2D eigenvalue weighted by molar-refractivity contribution is -0.121. The number of aryl methyl sites for hydroxylation is 1. The van der Waals surface area contributed by atoms with Gasteiger partial charge < -0.3 is 16.0 Å². The highest BCUT2D eigenvalue weighted by molar-refractivity contribution is 7.89. The number of aromatic nitrogens is 2. The number of sulfonamides is 1. The summed E-state index contributed by atoms with van der Waals surface area (Å²) >= 11 is 0. The number of amides is 1. The molecule has 0 radical (unpaired) electrons. The maximum atomic E-state index is 12.6. The van der Waals surface area contributed by atoms with Crippen molar-refractivity contribution in [1.82, 2.24) is 20.0 Å². The molecule has 10 heteroatoms. The quantitative estimate of drug-likeness (QED) is 0.287. The summed E-state index contributed by atoms with van der Waals surface area (Å²) in [5.74, 6) is 1.03. The van der Waals surface area contributed by atoms with Crippen molar-refractivity contribution in [3.8, 4) is 11.1 Å². The Kier molecular flexibility index (Phi) is 8.14. The first-order valence-corrected chi connectivity index (χ1v) is 14.3. The Morgan fingerprint density at radius 1 is 0.923 bits per heavy atom. The summed E-state index contributed by atoms with van der Waals surface area (Å²) in [7, 11) is -3.60. The van der Waals surface area contributed by atoms with Crippen LogP contribution in [0.2, 0.25) is 0 Å². The highest BCUT2D eigenvalue weighted by atomic mass is 32.2. The second-order valence-electron chi connectivity index (χ2n) is 9.25. The van der Waals surface area contributed by atoms with Crippen LogP contribution in [0.4, 0.5) is 17.5 Å². The van der Waals surface area contributed by atoms with E-state index < -0.39 is 10.0 Å². The van der Waals surface area contributed by atoms with Crippen molar-refractivity contribution in [2.45, 2.75) is 30.7 Å². The molecule has 1 amide bonds. The Hall–Kier alpha value is -4.28. The van der Waals surface area contributed by atoms with Gasteiger partial charge in [-0.15, -0.1) is 0 Å². The van der Waals surface area contributed by atoms with Crippen molar-refractivity contribution in [2.24, 2.45) is 0 Å². The Balaban J connectivity index is 1.27. The van der Waals surface area contributed by atoms with E-state index >= 15 is 0 Å². The zero-order valence-electron chi connectivity index (χ0n) is 21.4. The molecule has 0 fully saturated rings. The van der Waals surface area contributed by atoms with Crippen LogP contribution in [-0.2, 0) is 27.8 Å². The van der Waals surface area contributed by atoms with Crippen molar-refractivity contribution in [3.63, 3.8) is 0 Å². The van der Waals surface area contributed by atoms with E-state index in [1.54, 1.807) is 30.5 Å². The van der Waals surface area contributed by atoms with Gasteiger partial charge in [0.1, 0.15) is 5.82 Å². The monoisotopic (exact) mass is 542 g/mol. The number of rotatable bonds is 6. The predicted octanol–water partition coefficient (Wildman–Crippen LogP) is 4.23. The second kappa shape index (κ2) is 12.1. The smallest absolute Gasteiger partial charge is 0.240 e.